The average molecular weight is 636 g/mol. The zero-order valence-electron chi connectivity index (χ0n) is 25.7. The number of thiophene rings is 1. The van der Waals surface area contributed by atoms with Gasteiger partial charge in [0.2, 0.25) is 5.91 Å². The number of hydrogen-bond acceptors (Lipinski definition) is 12. The molecule has 3 fully saturated rings. The highest BCUT2D eigenvalue weighted by molar-refractivity contribution is 7.10. The average Bonchev–Trinajstić information content (AvgIpc) is 3.47. The third kappa shape index (κ3) is 4.74. The number of aliphatic hydroxyl groups excluding tert-OH is 2. The maximum absolute atomic E-state index is 14.2. The quantitative estimate of drug-likeness (QED) is 0.222. The molecule has 1 unspecified atom stereocenters. The number of esters is 2. The molecule has 242 valence electrons. The van der Waals surface area contributed by atoms with Crippen LogP contribution in [0.1, 0.15) is 71.7 Å². The predicted octanol–water partition coefficient (Wildman–Crippen LogP) is 1.10. The molecule has 2 saturated carbocycles. The number of fused-ring (bicyclic) bond motifs is 5. The van der Waals surface area contributed by atoms with Crippen molar-refractivity contribution in [3.8, 4) is 0 Å². The van der Waals surface area contributed by atoms with Gasteiger partial charge in [-0.2, -0.15) is 0 Å². The highest BCUT2D eigenvalue weighted by Gasteiger charge is 2.75. The summed E-state index contributed by atoms with van der Waals surface area (Å²) in [4.78, 5) is 52.7. The minimum atomic E-state index is -2.02. The molecule has 1 aromatic rings. The van der Waals surface area contributed by atoms with Gasteiger partial charge < -0.3 is 40.0 Å². The van der Waals surface area contributed by atoms with Gasteiger partial charge in [-0.3, -0.25) is 14.4 Å². The van der Waals surface area contributed by atoms with Crippen LogP contribution in [-0.4, -0.2) is 92.4 Å². The largest absolute Gasteiger partial charge is 0.459 e. The lowest BCUT2D eigenvalue weighted by Crippen LogP contribution is -2.80. The van der Waals surface area contributed by atoms with Gasteiger partial charge in [-0.1, -0.05) is 25.5 Å². The number of Topliss-reactive ketones (excluding diaryl/α,β-unsaturated/α-hetero) is 1. The number of ketones is 1. The van der Waals surface area contributed by atoms with Crippen LogP contribution in [0.4, 0.5) is 0 Å². The van der Waals surface area contributed by atoms with Crippen LogP contribution in [0.25, 0.3) is 0 Å². The molecule has 1 aliphatic heterocycles. The third-order valence-electron chi connectivity index (χ3n) is 10.7. The van der Waals surface area contributed by atoms with Crippen LogP contribution in [0.2, 0.25) is 0 Å². The molecular formula is C31H41NO11S. The Labute approximate surface area is 259 Å². The van der Waals surface area contributed by atoms with Crippen molar-refractivity contribution in [2.75, 3.05) is 6.61 Å². The van der Waals surface area contributed by atoms with Crippen LogP contribution in [0, 0.1) is 16.7 Å². The van der Waals surface area contributed by atoms with E-state index in [1.165, 1.54) is 25.2 Å². The van der Waals surface area contributed by atoms with Crippen molar-refractivity contribution < 1.29 is 53.8 Å². The number of carbonyl (C=O) groups is 4. The summed E-state index contributed by atoms with van der Waals surface area (Å²) in [7, 11) is 0. The van der Waals surface area contributed by atoms with Gasteiger partial charge in [0, 0.05) is 49.3 Å². The molecule has 0 aromatic carbocycles. The van der Waals surface area contributed by atoms with E-state index >= 15 is 0 Å². The lowest BCUT2D eigenvalue weighted by atomic mass is 9.45. The Balaban J connectivity index is 1.60. The molecule has 10 atom stereocenters. The summed E-state index contributed by atoms with van der Waals surface area (Å²) in [5, 5.41) is 51.4. The molecule has 0 radical (unpaired) electrons. The van der Waals surface area contributed by atoms with E-state index in [-0.39, 0.29) is 25.9 Å². The van der Waals surface area contributed by atoms with Crippen molar-refractivity contribution in [2.45, 2.75) is 109 Å². The van der Waals surface area contributed by atoms with E-state index in [1.54, 1.807) is 38.3 Å². The molecular weight excluding hydrogens is 594 g/mol. The van der Waals surface area contributed by atoms with Crippen LogP contribution >= 0.6 is 11.3 Å². The smallest absolute Gasteiger partial charge is 0.338 e. The number of rotatable bonds is 6. The van der Waals surface area contributed by atoms with E-state index in [1.807, 2.05) is 0 Å². The van der Waals surface area contributed by atoms with Crippen molar-refractivity contribution in [1.29, 1.82) is 0 Å². The monoisotopic (exact) mass is 635 g/mol. The molecule has 13 heteroatoms. The molecule has 5 rings (SSSR count). The number of ether oxygens (including phenoxy) is 3. The first-order valence-corrected chi connectivity index (χ1v) is 15.6. The van der Waals surface area contributed by atoms with Crippen LogP contribution in [0.15, 0.2) is 28.7 Å². The molecule has 1 saturated heterocycles. The molecule has 2 bridgehead atoms. The van der Waals surface area contributed by atoms with E-state index in [9.17, 15) is 39.6 Å². The van der Waals surface area contributed by atoms with Gasteiger partial charge in [0.25, 0.3) is 0 Å². The Bertz CT molecular complexity index is 1390. The standard InChI is InChI=1S/C31H41NO11S/c1-14-17-10-20(35)29(6)21(36)11-22-30(39,13-41-22)25(29)26(42-16(3)34)31(40,28(17,4)5)12-18(14)43-27(38)24(37)23(32-15(2)33)19-8-7-9-44-19/h7-9,18,21-26,36-37,39-40H,10-13H2,1-6H3,(H,32,33)/t18?,21-,22+,23-,24+,25-,26-,29+,30-,31+/m0/s1. The zero-order valence-corrected chi connectivity index (χ0v) is 26.5. The van der Waals surface area contributed by atoms with Crippen LogP contribution in [0.3, 0.4) is 0 Å². The Morgan fingerprint density at radius 1 is 1.16 bits per heavy atom. The SMILES string of the molecule is CC(=O)N[C@@H](c1cccs1)[C@@H](O)C(=O)OC1C[C@@]2(O)[C@@H](OC(C)=O)[C@@H]3[C@]4(O)CO[C@@H]4C[C@H](O)[C@@]3(C)C(=O)CC(=C1C)C2(C)C. The van der Waals surface area contributed by atoms with E-state index in [0.717, 1.165) is 6.92 Å². The summed E-state index contributed by atoms with van der Waals surface area (Å²) in [5.41, 5.74) is -5.66. The number of nitrogens with one attached hydrogen (secondary N) is 1. The molecule has 3 aliphatic carbocycles. The topological polar surface area (TPSA) is 189 Å². The number of aliphatic hydroxyl groups is 4. The van der Waals surface area contributed by atoms with Gasteiger partial charge in [0.1, 0.15) is 35.2 Å². The summed E-state index contributed by atoms with van der Waals surface area (Å²) in [5.74, 6) is -4.00. The van der Waals surface area contributed by atoms with E-state index < -0.39 is 88.1 Å². The molecule has 1 amide bonds. The van der Waals surface area contributed by atoms with E-state index in [2.05, 4.69) is 5.32 Å². The van der Waals surface area contributed by atoms with Crippen molar-refractivity contribution >= 4 is 35.0 Å². The normalized spacial score (nSPS) is 39.0. The zero-order chi connectivity index (χ0) is 32.6. The number of carbonyl (C=O) groups excluding carboxylic acids is 4. The Morgan fingerprint density at radius 3 is 2.39 bits per heavy atom. The van der Waals surface area contributed by atoms with Crippen molar-refractivity contribution in [3.05, 3.63) is 33.5 Å². The molecule has 1 aromatic heterocycles. The lowest BCUT2D eigenvalue weighted by Gasteiger charge is -2.66. The van der Waals surface area contributed by atoms with Gasteiger partial charge in [-0.15, -0.1) is 11.3 Å². The van der Waals surface area contributed by atoms with Gasteiger partial charge in [-0.25, -0.2) is 4.79 Å². The molecule has 2 heterocycles. The van der Waals surface area contributed by atoms with Gasteiger partial charge in [-0.05, 0) is 30.9 Å². The van der Waals surface area contributed by atoms with Gasteiger partial charge in [0.15, 0.2) is 6.10 Å². The highest BCUT2D eigenvalue weighted by atomic mass is 32.1. The molecule has 12 nitrogen and oxygen atoms in total. The fourth-order valence-corrected chi connectivity index (χ4v) is 8.76. The third-order valence-corrected chi connectivity index (χ3v) is 11.7. The first kappa shape index (κ1) is 32.7. The van der Waals surface area contributed by atoms with E-state index in [0.29, 0.717) is 16.0 Å². The Hall–Kier alpha value is -2.68. The summed E-state index contributed by atoms with van der Waals surface area (Å²) in [6, 6.07) is 2.28. The summed E-state index contributed by atoms with van der Waals surface area (Å²) < 4.78 is 17.2. The highest BCUT2D eigenvalue weighted by Crippen LogP contribution is 2.63. The molecule has 5 N–H and O–H groups in total. The van der Waals surface area contributed by atoms with Crippen LogP contribution < -0.4 is 5.32 Å². The molecule has 44 heavy (non-hydrogen) atoms. The Kier molecular flexibility index (Phi) is 8.17. The number of amides is 1. The second-order valence-electron chi connectivity index (χ2n) is 13.4. The summed E-state index contributed by atoms with van der Waals surface area (Å²) in [6.07, 6.45) is -7.17. The van der Waals surface area contributed by atoms with Crippen LogP contribution in [0.5, 0.6) is 0 Å². The van der Waals surface area contributed by atoms with Gasteiger partial charge >= 0.3 is 11.9 Å². The molecule has 4 aliphatic rings. The maximum Gasteiger partial charge on any atom is 0.338 e. The summed E-state index contributed by atoms with van der Waals surface area (Å²) >= 11 is 1.23. The minimum Gasteiger partial charge on any atom is -0.459 e. The van der Waals surface area contributed by atoms with Crippen molar-refractivity contribution in [1.82, 2.24) is 5.32 Å². The van der Waals surface area contributed by atoms with Gasteiger partial charge in [0.05, 0.1) is 24.2 Å². The lowest BCUT2D eigenvalue weighted by molar-refractivity contribution is -0.344. The Morgan fingerprint density at radius 2 is 1.84 bits per heavy atom. The summed E-state index contributed by atoms with van der Waals surface area (Å²) in [6.45, 7) is 8.82. The first-order valence-electron chi connectivity index (χ1n) is 14.7. The van der Waals surface area contributed by atoms with Crippen LogP contribution in [-0.2, 0) is 33.4 Å². The minimum absolute atomic E-state index is 0.0142. The second kappa shape index (κ2) is 11.0. The second-order valence-corrected chi connectivity index (χ2v) is 14.4. The predicted molar refractivity (Wildman–Crippen MR) is 155 cm³/mol. The molecule has 0 spiro atoms. The first-order chi connectivity index (χ1) is 20.4. The maximum atomic E-state index is 14.2. The van der Waals surface area contributed by atoms with Crippen molar-refractivity contribution in [3.63, 3.8) is 0 Å². The van der Waals surface area contributed by atoms with E-state index in [4.69, 9.17) is 14.2 Å². The number of hydrogen-bond donors (Lipinski definition) is 5. The fourth-order valence-electron chi connectivity index (χ4n) is 7.96. The van der Waals surface area contributed by atoms with Crippen molar-refractivity contribution in [2.24, 2.45) is 16.7 Å². The fraction of sp³-hybridized carbons (Fsp3) is 0.677.